The Labute approximate surface area is 122 Å². The van der Waals surface area contributed by atoms with Crippen LogP contribution in [0.25, 0.3) is 0 Å². The molecule has 0 aromatic heterocycles. The molecule has 0 aromatic rings. The van der Waals surface area contributed by atoms with Crippen molar-refractivity contribution < 1.29 is 19.1 Å². The Morgan fingerprint density at radius 1 is 1.53 bits per heavy atom. The van der Waals surface area contributed by atoms with Crippen molar-refractivity contribution in [1.82, 2.24) is 3.53 Å². The van der Waals surface area contributed by atoms with E-state index in [1.54, 1.807) is 0 Å². The summed E-state index contributed by atoms with van der Waals surface area (Å²) >= 11 is -1.89. The topological polar surface area (TPSA) is 64.6 Å². The molecule has 0 radical (unpaired) electrons. The molecule has 19 heavy (non-hydrogen) atoms. The molecule has 0 saturated carbocycles. The van der Waals surface area contributed by atoms with Gasteiger partial charge in [0.2, 0.25) is 0 Å². The Morgan fingerprint density at radius 2 is 2.16 bits per heavy atom. The number of ether oxygens (including phenoxy) is 2. The predicted molar refractivity (Wildman–Crippen MR) is 82.2 cm³/mol. The Bertz CT molecular complexity index is 338. The summed E-state index contributed by atoms with van der Waals surface area (Å²) in [4.78, 5) is 23.1. The van der Waals surface area contributed by atoms with Crippen LogP contribution in [0.4, 0.5) is 4.79 Å². The van der Waals surface area contributed by atoms with Crippen LogP contribution in [0.15, 0.2) is 0 Å². The van der Waals surface area contributed by atoms with Crippen molar-refractivity contribution in [3.05, 3.63) is 0 Å². The van der Waals surface area contributed by atoms with Crippen molar-refractivity contribution in [2.75, 3.05) is 4.43 Å². The summed E-state index contributed by atoms with van der Waals surface area (Å²) in [5, 5.41) is 0. The number of amides is 1. The van der Waals surface area contributed by atoms with Gasteiger partial charge in [0, 0.05) is 0 Å². The molecule has 1 aliphatic rings. The third-order valence-corrected chi connectivity index (χ3v) is 8.60. The number of halogens is 1. The van der Waals surface area contributed by atoms with Gasteiger partial charge < -0.3 is 0 Å². The molecule has 5 nitrogen and oxygen atoms in total. The molecule has 0 bridgehead atoms. The number of carbonyl (C=O) groups is 2. The fourth-order valence-corrected chi connectivity index (χ4v) is 6.97. The zero-order chi connectivity index (χ0) is 14.6. The van der Waals surface area contributed by atoms with Gasteiger partial charge in [-0.1, -0.05) is 0 Å². The second-order valence-corrected chi connectivity index (χ2v) is 11.1. The van der Waals surface area contributed by atoms with Crippen molar-refractivity contribution in [3.63, 3.8) is 0 Å². The van der Waals surface area contributed by atoms with E-state index in [0.717, 1.165) is 10.8 Å². The third-order valence-electron chi connectivity index (χ3n) is 2.20. The van der Waals surface area contributed by atoms with Gasteiger partial charge >= 0.3 is 122 Å². The fourth-order valence-electron chi connectivity index (χ4n) is 1.61. The van der Waals surface area contributed by atoms with Crippen LogP contribution in [-0.4, -0.2) is 26.2 Å². The molecule has 1 aliphatic heterocycles. The number of hydrogen-bond donors (Lipinski definition) is 1. The van der Waals surface area contributed by atoms with Crippen LogP contribution < -0.4 is 3.53 Å². The summed E-state index contributed by atoms with van der Waals surface area (Å²) < 4.78 is 14.4. The summed E-state index contributed by atoms with van der Waals surface area (Å²) in [5.74, 6) is 0.321. The minimum absolute atomic E-state index is 0.0772. The van der Waals surface area contributed by atoms with Gasteiger partial charge in [-0.2, -0.15) is 0 Å². The van der Waals surface area contributed by atoms with Crippen LogP contribution in [0.1, 0.15) is 47.5 Å². The quantitative estimate of drug-likeness (QED) is 0.349. The number of esters is 1. The van der Waals surface area contributed by atoms with E-state index in [-0.39, 0.29) is 16.2 Å². The average Bonchev–Trinajstić information content (AvgIpc) is 2.60. The van der Waals surface area contributed by atoms with Crippen LogP contribution >= 0.6 is 20.1 Å². The molecule has 1 fully saturated rings. The Kier molecular flexibility index (Phi) is 5.88. The molecule has 0 spiro atoms. The first-order valence-electron chi connectivity index (χ1n) is 6.51. The second-order valence-electron chi connectivity index (χ2n) is 5.98. The SMILES string of the molecule is CC(C)CI(NC(=O)OC(C)(C)C)[C@@H]1CCC(=O)O1. The molecule has 0 aromatic carbocycles. The van der Waals surface area contributed by atoms with Crippen molar-refractivity contribution in [2.45, 2.75) is 57.2 Å². The summed E-state index contributed by atoms with van der Waals surface area (Å²) in [6, 6.07) is 0. The number of nitrogens with one attached hydrogen (secondary N) is 1. The number of cyclic esters (lactones) is 1. The summed E-state index contributed by atoms with van der Waals surface area (Å²) in [7, 11) is 0. The maximum absolute atomic E-state index is 11.9. The van der Waals surface area contributed by atoms with E-state index < -0.39 is 25.7 Å². The molecule has 1 atom stereocenters. The van der Waals surface area contributed by atoms with E-state index in [2.05, 4.69) is 17.4 Å². The molecule has 1 N–H and O–H groups in total. The van der Waals surface area contributed by atoms with Crippen molar-refractivity contribution >= 4 is 32.2 Å². The maximum atomic E-state index is 11.9. The van der Waals surface area contributed by atoms with Crippen LogP contribution in [-0.2, 0) is 14.3 Å². The first kappa shape index (κ1) is 16.5. The van der Waals surface area contributed by atoms with Gasteiger partial charge in [-0.3, -0.25) is 0 Å². The standard InChI is InChI=1S/C13H24INO4/c1-9(2)8-14(10-6-7-11(16)18-10)15-12(17)19-13(3,4)5/h9-10H,6-8H2,1-5H3,(H,15,17)/t10-/m0/s1. The number of rotatable bonds is 4. The molecular formula is C13H24INO4. The Morgan fingerprint density at radius 3 is 2.58 bits per heavy atom. The number of carbonyl (C=O) groups excluding carboxylic acids is 2. The van der Waals surface area contributed by atoms with Crippen molar-refractivity contribution in [2.24, 2.45) is 5.92 Å². The Balaban J connectivity index is 2.59. The zero-order valence-corrected chi connectivity index (χ0v) is 14.4. The average molecular weight is 385 g/mol. The summed E-state index contributed by atoms with van der Waals surface area (Å²) in [6.07, 6.45) is 0.806. The van der Waals surface area contributed by atoms with Crippen LogP contribution in [0.5, 0.6) is 0 Å². The van der Waals surface area contributed by atoms with E-state index in [9.17, 15) is 9.59 Å². The van der Waals surface area contributed by atoms with Crippen LogP contribution in [0, 0.1) is 5.92 Å². The number of alkyl halides is 2. The minimum atomic E-state index is -1.89. The summed E-state index contributed by atoms with van der Waals surface area (Å²) in [5.41, 5.74) is -0.504. The van der Waals surface area contributed by atoms with Gasteiger partial charge in [0.25, 0.3) is 0 Å². The van der Waals surface area contributed by atoms with Crippen LogP contribution in [0.3, 0.4) is 0 Å². The molecule has 1 rings (SSSR count). The molecule has 0 aliphatic carbocycles. The number of hydrogen-bond acceptors (Lipinski definition) is 4. The molecule has 112 valence electrons. The summed E-state index contributed by atoms with van der Waals surface area (Å²) in [6.45, 7) is 9.73. The van der Waals surface area contributed by atoms with E-state index >= 15 is 0 Å². The van der Waals surface area contributed by atoms with Gasteiger partial charge in [-0.25, -0.2) is 0 Å². The first-order chi connectivity index (χ1) is 8.67. The second kappa shape index (κ2) is 6.76. The van der Waals surface area contributed by atoms with Crippen molar-refractivity contribution in [3.8, 4) is 0 Å². The van der Waals surface area contributed by atoms with Gasteiger partial charge in [-0.15, -0.1) is 0 Å². The predicted octanol–water partition coefficient (Wildman–Crippen LogP) is 3.25. The van der Waals surface area contributed by atoms with Crippen LogP contribution in [0.2, 0.25) is 0 Å². The molecule has 1 heterocycles. The van der Waals surface area contributed by atoms with Gasteiger partial charge in [-0.05, 0) is 0 Å². The van der Waals surface area contributed by atoms with Gasteiger partial charge in [0.05, 0.1) is 0 Å². The monoisotopic (exact) mass is 385 g/mol. The normalized spacial score (nSPS) is 20.2. The van der Waals surface area contributed by atoms with Gasteiger partial charge in [0.1, 0.15) is 0 Å². The molecule has 1 saturated heterocycles. The third kappa shape index (κ3) is 6.44. The molecular weight excluding hydrogens is 361 g/mol. The molecule has 0 unspecified atom stereocenters. The van der Waals surface area contributed by atoms with Gasteiger partial charge in [0.15, 0.2) is 0 Å². The van der Waals surface area contributed by atoms with Crippen molar-refractivity contribution in [1.29, 1.82) is 0 Å². The van der Waals surface area contributed by atoms with E-state index in [1.165, 1.54) is 0 Å². The van der Waals surface area contributed by atoms with E-state index in [1.807, 2.05) is 20.8 Å². The molecule has 6 heteroatoms. The zero-order valence-electron chi connectivity index (χ0n) is 12.3. The van der Waals surface area contributed by atoms with E-state index in [0.29, 0.717) is 12.3 Å². The molecule has 1 amide bonds. The first-order valence-corrected chi connectivity index (χ1v) is 10.4. The Hall–Kier alpha value is -0.530. The fraction of sp³-hybridized carbons (Fsp3) is 0.846. The van der Waals surface area contributed by atoms with E-state index in [4.69, 9.17) is 9.47 Å².